The maximum Gasteiger partial charge on any atom is 0.100 e. The van der Waals surface area contributed by atoms with Crippen LogP contribution in [-0.4, -0.2) is 9.78 Å². The zero-order valence-electron chi connectivity index (χ0n) is 6.95. The first-order chi connectivity index (χ1) is 6.22. The van der Waals surface area contributed by atoms with Gasteiger partial charge in [-0.25, -0.2) is 0 Å². The van der Waals surface area contributed by atoms with Crippen molar-refractivity contribution in [1.29, 1.82) is 5.26 Å². The molecule has 1 aromatic heterocycles. The van der Waals surface area contributed by atoms with Crippen LogP contribution >= 0.6 is 15.9 Å². The van der Waals surface area contributed by atoms with Crippen LogP contribution in [0.15, 0.2) is 22.8 Å². The van der Waals surface area contributed by atoms with Crippen molar-refractivity contribution in [1.82, 2.24) is 9.78 Å². The summed E-state index contributed by atoms with van der Waals surface area (Å²) in [5, 5.41) is 13.9. The summed E-state index contributed by atoms with van der Waals surface area (Å²) >= 11 is 3.33. The van der Waals surface area contributed by atoms with E-state index in [0.29, 0.717) is 5.56 Å². The minimum absolute atomic E-state index is 0.639. The number of nitriles is 1. The highest BCUT2D eigenvalue weighted by Crippen LogP contribution is 2.23. The first-order valence-corrected chi connectivity index (χ1v) is 4.53. The second kappa shape index (κ2) is 2.86. The Morgan fingerprint density at radius 3 is 3.00 bits per heavy atom. The molecule has 0 fully saturated rings. The van der Waals surface area contributed by atoms with E-state index in [1.807, 2.05) is 19.2 Å². The Labute approximate surface area is 83.7 Å². The van der Waals surface area contributed by atoms with E-state index in [4.69, 9.17) is 5.26 Å². The molecule has 0 aliphatic carbocycles. The summed E-state index contributed by atoms with van der Waals surface area (Å²) in [6.07, 6.45) is 1.75. The zero-order valence-corrected chi connectivity index (χ0v) is 8.54. The largest absolute Gasteiger partial charge is 0.268 e. The number of aromatic nitrogens is 2. The number of halogens is 1. The average molecular weight is 236 g/mol. The molecule has 3 nitrogen and oxygen atoms in total. The molecule has 0 aliphatic heterocycles. The second-order valence-electron chi connectivity index (χ2n) is 2.77. The monoisotopic (exact) mass is 235 g/mol. The van der Waals surface area contributed by atoms with E-state index in [1.165, 1.54) is 0 Å². The summed E-state index contributed by atoms with van der Waals surface area (Å²) in [5.74, 6) is 0. The molecule has 1 aromatic carbocycles. The van der Waals surface area contributed by atoms with Crippen LogP contribution in [0.3, 0.4) is 0 Å². The maximum absolute atomic E-state index is 8.78. The predicted octanol–water partition coefficient (Wildman–Crippen LogP) is 2.21. The fraction of sp³-hybridized carbons (Fsp3) is 0.111. The van der Waals surface area contributed by atoms with Crippen molar-refractivity contribution >= 4 is 26.8 Å². The fourth-order valence-corrected chi connectivity index (χ4v) is 1.68. The molecule has 0 saturated carbocycles. The lowest BCUT2D eigenvalue weighted by Crippen LogP contribution is -1.88. The Morgan fingerprint density at radius 1 is 1.54 bits per heavy atom. The van der Waals surface area contributed by atoms with Crippen molar-refractivity contribution < 1.29 is 0 Å². The van der Waals surface area contributed by atoms with Gasteiger partial charge in [0.05, 0.1) is 17.3 Å². The standard InChI is InChI=1S/C9H6BrN3/c1-13-9-3-8(10)6(4-11)2-7(9)5-12-13/h2-3,5H,1H3. The molecule has 0 saturated heterocycles. The van der Waals surface area contributed by atoms with Crippen molar-refractivity contribution in [3.8, 4) is 6.07 Å². The van der Waals surface area contributed by atoms with E-state index in [1.54, 1.807) is 10.9 Å². The van der Waals surface area contributed by atoms with Gasteiger partial charge < -0.3 is 0 Å². The predicted molar refractivity (Wildman–Crippen MR) is 53.1 cm³/mol. The van der Waals surface area contributed by atoms with Crippen LogP contribution in [0.5, 0.6) is 0 Å². The van der Waals surface area contributed by atoms with Gasteiger partial charge in [-0.05, 0) is 28.1 Å². The summed E-state index contributed by atoms with van der Waals surface area (Å²) in [5.41, 5.74) is 1.66. The highest BCUT2D eigenvalue weighted by atomic mass is 79.9. The third-order valence-electron chi connectivity index (χ3n) is 1.96. The number of aryl methyl sites for hydroxylation is 1. The molecule has 0 amide bonds. The van der Waals surface area contributed by atoms with E-state index in [9.17, 15) is 0 Å². The lowest BCUT2D eigenvalue weighted by molar-refractivity contribution is 0.797. The molecule has 0 atom stereocenters. The van der Waals surface area contributed by atoms with Crippen LogP contribution < -0.4 is 0 Å². The number of hydrogen-bond acceptors (Lipinski definition) is 2. The van der Waals surface area contributed by atoms with Gasteiger partial charge in [0.1, 0.15) is 6.07 Å². The molecule has 1 heterocycles. The molecule has 0 bridgehead atoms. The summed E-state index contributed by atoms with van der Waals surface area (Å²) in [6.45, 7) is 0. The van der Waals surface area contributed by atoms with Gasteiger partial charge in [0.15, 0.2) is 0 Å². The molecule has 64 valence electrons. The summed E-state index contributed by atoms with van der Waals surface area (Å²) in [6, 6.07) is 5.84. The second-order valence-corrected chi connectivity index (χ2v) is 3.63. The van der Waals surface area contributed by atoms with Gasteiger partial charge in [-0.3, -0.25) is 4.68 Å². The lowest BCUT2D eigenvalue weighted by Gasteiger charge is -1.97. The number of fused-ring (bicyclic) bond motifs is 1. The topological polar surface area (TPSA) is 41.6 Å². The van der Waals surface area contributed by atoms with Gasteiger partial charge in [0.2, 0.25) is 0 Å². The van der Waals surface area contributed by atoms with Gasteiger partial charge in [-0.1, -0.05) is 0 Å². The third-order valence-corrected chi connectivity index (χ3v) is 2.61. The van der Waals surface area contributed by atoms with Crippen LogP contribution in [0, 0.1) is 11.3 Å². The third kappa shape index (κ3) is 1.21. The Morgan fingerprint density at radius 2 is 2.31 bits per heavy atom. The van der Waals surface area contributed by atoms with Gasteiger partial charge in [0.25, 0.3) is 0 Å². The first kappa shape index (κ1) is 8.27. The molecule has 2 aromatic rings. The van der Waals surface area contributed by atoms with E-state index >= 15 is 0 Å². The Kier molecular flexibility index (Phi) is 1.82. The van der Waals surface area contributed by atoms with Crippen molar-refractivity contribution in [2.45, 2.75) is 0 Å². The molecular formula is C9H6BrN3. The Balaban J connectivity index is 2.85. The summed E-state index contributed by atoms with van der Waals surface area (Å²) in [4.78, 5) is 0. The normalized spacial score (nSPS) is 10.2. The fourth-order valence-electron chi connectivity index (χ4n) is 1.26. The van der Waals surface area contributed by atoms with Crippen molar-refractivity contribution in [2.75, 3.05) is 0 Å². The first-order valence-electron chi connectivity index (χ1n) is 3.73. The Hall–Kier alpha value is -1.34. The number of hydrogen-bond donors (Lipinski definition) is 0. The SMILES string of the molecule is Cn1ncc2cc(C#N)c(Br)cc21. The quantitative estimate of drug-likeness (QED) is 0.703. The molecule has 4 heteroatoms. The Bertz CT molecular complexity index is 507. The molecule has 0 unspecified atom stereocenters. The highest BCUT2D eigenvalue weighted by Gasteiger charge is 2.04. The average Bonchev–Trinajstić information content (AvgIpc) is 2.47. The molecule has 0 radical (unpaired) electrons. The maximum atomic E-state index is 8.78. The summed E-state index contributed by atoms with van der Waals surface area (Å²) in [7, 11) is 1.88. The summed E-state index contributed by atoms with van der Waals surface area (Å²) < 4.78 is 2.59. The van der Waals surface area contributed by atoms with Crippen LogP contribution in [0.25, 0.3) is 10.9 Å². The van der Waals surface area contributed by atoms with Crippen molar-refractivity contribution in [3.05, 3.63) is 28.4 Å². The minimum Gasteiger partial charge on any atom is -0.268 e. The number of rotatable bonds is 0. The number of nitrogens with zero attached hydrogens (tertiary/aromatic N) is 3. The van der Waals surface area contributed by atoms with Gasteiger partial charge >= 0.3 is 0 Å². The van der Waals surface area contributed by atoms with Crippen molar-refractivity contribution in [3.63, 3.8) is 0 Å². The van der Waals surface area contributed by atoms with Gasteiger partial charge in [-0.2, -0.15) is 10.4 Å². The molecule has 13 heavy (non-hydrogen) atoms. The van der Waals surface area contributed by atoms with E-state index < -0.39 is 0 Å². The van der Waals surface area contributed by atoms with E-state index in [0.717, 1.165) is 15.4 Å². The zero-order chi connectivity index (χ0) is 9.42. The molecular weight excluding hydrogens is 230 g/mol. The molecule has 0 spiro atoms. The van der Waals surface area contributed by atoms with Crippen molar-refractivity contribution in [2.24, 2.45) is 7.05 Å². The number of benzene rings is 1. The molecule has 0 N–H and O–H groups in total. The van der Waals surface area contributed by atoms with E-state index in [-0.39, 0.29) is 0 Å². The van der Waals surface area contributed by atoms with Crippen LogP contribution in [0.2, 0.25) is 0 Å². The lowest BCUT2D eigenvalue weighted by atomic mass is 10.2. The van der Waals surface area contributed by atoms with Crippen LogP contribution in [-0.2, 0) is 7.05 Å². The van der Waals surface area contributed by atoms with Gasteiger partial charge in [0, 0.05) is 16.9 Å². The van der Waals surface area contributed by atoms with E-state index in [2.05, 4.69) is 27.1 Å². The molecule has 0 aliphatic rings. The minimum atomic E-state index is 0.639. The molecule has 2 rings (SSSR count). The highest BCUT2D eigenvalue weighted by molar-refractivity contribution is 9.10. The van der Waals surface area contributed by atoms with Crippen LogP contribution in [0.1, 0.15) is 5.56 Å². The smallest absolute Gasteiger partial charge is 0.100 e. The van der Waals surface area contributed by atoms with Gasteiger partial charge in [-0.15, -0.1) is 0 Å². The van der Waals surface area contributed by atoms with Crippen LogP contribution in [0.4, 0.5) is 0 Å².